The first kappa shape index (κ1) is 18.9. The molecule has 3 rings (SSSR count). The second-order valence-corrected chi connectivity index (χ2v) is 8.02. The van der Waals surface area contributed by atoms with Crippen molar-refractivity contribution in [2.24, 2.45) is 17.6 Å². The van der Waals surface area contributed by atoms with Gasteiger partial charge in [-0.25, -0.2) is 8.42 Å². The van der Waals surface area contributed by atoms with E-state index in [2.05, 4.69) is 0 Å². The van der Waals surface area contributed by atoms with Gasteiger partial charge in [0.25, 0.3) is 0 Å². The van der Waals surface area contributed by atoms with Crippen molar-refractivity contribution < 1.29 is 18.1 Å². The minimum Gasteiger partial charge on any atom is -0.490 e. The molecule has 2 fully saturated rings. The van der Waals surface area contributed by atoms with Crippen LogP contribution in [0.25, 0.3) is 0 Å². The average molecular weight is 378 g/mol. The molecule has 3 unspecified atom stereocenters. The van der Waals surface area contributed by atoms with E-state index in [0.717, 1.165) is 18.9 Å². The summed E-state index contributed by atoms with van der Waals surface area (Å²) in [7, 11) is -2.46. The van der Waals surface area contributed by atoms with Crippen molar-refractivity contribution in [1.82, 2.24) is 4.31 Å². The lowest BCUT2D eigenvalue weighted by molar-refractivity contribution is -0.386. The Morgan fingerprint density at radius 1 is 1.33 bits per heavy atom. The van der Waals surface area contributed by atoms with Gasteiger partial charge < -0.3 is 10.5 Å². The van der Waals surface area contributed by atoms with E-state index >= 15 is 0 Å². The molecular formula is C14H20ClN3O5S. The minimum atomic E-state index is -3.77. The van der Waals surface area contributed by atoms with E-state index in [1.165, 1.54) is 23.5 Å². The second kappa shape index (κ2) is 6.83. The molecule has 8 nitrogen and oxygen atoms in total. The highest BCUT2D eigenvalue weighted by Gasteiger charge is 2.45. The van der Waals surface area contributed by atoms with Crippen LogP contribution in [-0.2, 0) is 10.0 Å². The quantitative estimate of drug-likeness (QED) is 0.626. The number of methoxy groups -OCH3 is 1. The normalized spacial score (nSPS) is 26.7. The maximum atomic E-state index is 12.8. The van der Waals surface area contributed by atoms with E-state index < -0.39 is 14.9 Å². The van der Waals surface area contributed by atoms with Gasteiger partial charge in [0.1, 0.15) is 0 Å². The Morgan fingerprint density at radius 3 is 2.62 bits per heavy atom. The molecule has 2 aliphatic rings. The SMILES string of the molecule is COc1ccc(S(=O)(=O)N2CC3CCC(N)C3C2)cc1[N+](=O)[O-].Cl. The predicted octanol–water partition coefficient (Wildman–Crippen LogP) is 1.38. The van der Waals surface area contributed by atoms with Crippen molar-refractivity contribution in [3.63, 3.8) is 0 Å². The van der Waals surface area contributed by atoms with Crippen LogP contribution in [0, 0.1) is 22.0 Å². The molecule has 0 radical (unpaired) electrons. The van der Waals surface area contributed by atoms with Crippen LogP contribution in [0.15, 0.2) is 23.1 Å². The van der Waals surface area contributed by atoms with Crippen LogP contribution in [0.3, 0.4) is 0 Å². The van der Waals surface area contributed by atoms with Gasteiger partial charge in [0.05, 0.1) is 16.9 Å². The summed E-state index contributed by atoms with van der Waals surface area (Å²) in [6.07, 6.45) is 1.86. The van der Waals surface area contributed by atoms with Crippen molar-refractivity contribution in [1.29, 1.82) is 0 Å². The highest BCUT2D eigenvalue weighted by molar-refractivity contribution is 7.89. The molecule has 24 heavy (non-hydrogen) atoms. The van der Waals surface area contributed by atoms with E-state index in [9.17, 15) is 18.5 Å². The van der Waals surface area contributed by atoms with Gasteiger partial charge in [-0.15, -0.1) is 12.4 Å². The number of hydrogen-bond donors (Lipinski definition) is 1. The summed E-state index contributed by atoms with van der Waals surface area (Å²) in [5, 5.41) is 11.1. The zero-order chi connectivity index (χ0) is 16.8. The van der Waals surface area contributed by atoms with Gasteiger partial charge in [0, 0.05) is 25.2 Å². The molecule has 1 saturated carbocycles. The summed E-state index contributed by atoms with van der Waals surface area (Å²) < 4.78 is 31.8. The zero-order valence-electron chi connectivity index (χ0n) is 13.1. The molecule has 134 valence electrons. The van der Waals surface area contributed by atoms with Gasteiger partial charge in [-0.2, -0.15) is 4.31 Å². The lowest BCUT2D eigenvalue weighted by Crippen LogP contribution is -2.33. The molecule has 0 amide bonds. The van der Waals surface area contributed by atoms with Crippen molar-refractivity contribution >= 4 is 28.1 Å². The van der Waals surface area contributed by atoms with E-state index in [1.807, 2.05) is 0 Å². The number of nitrogens with zero attached hydrogens (tertiary/aromatic N) is 2. The summed E-state index contributed by atoms with van der Waals surface area (Å²) in [6.45, 7) is 0.814. The second-order valence-electron chi connectivity index (χ2n) is 6.08. The number of nitrogens with two attached hydrogens (primary N) is 1. The first-order chi connectivity index (χ1) is 10.8. The molecule has 3 atom stereocenters. The molecule has 1 aliphatic carbocycles. The Labute approximate surface area is 146 Å². The first-order valence-electron chi connectivity index (χ1n) is 7.42. The molecule has 1 aromatic rings. The van der Waals surface area contributed by atoms with E-state index in [1.54, 1.807) is 0 Å². The number of sulfonamides is 1. The molecular weight excluding hydrogens is 358 g/mol. The molecule has 0 aromatic heterocycles. The van der Waals surface area contributed by atoms with E-state index in [0.29, 0.717) is 13.1 Å². The number of nitro groups is 1. The number of halogens is 1. The molecule has 0 spiro atoms. The molecule has 1 aliphatic heterocycles. The summed E-state index contributed by atoms with van der Waals surface area (Å²) in [4.78, 5) is 10.4. The van der Waals surface area contributed by atoms with Gasteiger partial charge in [0.15, 0.2) is 5.75 Å². The van der Waals surface area contributed by atoms with Crippen LogP contribution in [0.5, 0.6) is 5.75 Å². The number of hydrogen-bond acceptors (Lipinski definition) is 6. The van der Waals surface area contributed by atoms with Gasteiger partial charge in [-0.3, -0.25) is 10.1 Å². The monoisotopic (exact) mass is 377 g/mol. The third-order valence-electron chi connectivity index (χ3n) is 4.86. The topological polar surface area (TPSA) is 116 Å². The average Bonchev–Trinajstić information content (AvgIpc) is 3.09. The molecule has 10 heteroatoms. The van der Waals surface area contributed by atoms with Crippen molar-refractivity contribution in [3.05, 3.63) is 28.3 Å². The molecule has 1 saturated heterocycles. The standard InChI is InChI=1S/C14H19N3O5S.ClH/c1-22-14-5-3-10(6-13(14)17(18)19)23(20,21)16-7-9-2-4-12(15)11(9)8-16;/h3,5-6,9,11-12H,2,4,7-8,15H2,1H3;1H. The molecule has 1 heterocycles. The lowest BCUT2D eigenvalue weighted by Gasteiger charge is -2.18. The fourth-order valence-electron chi connectivity index (χ4n) is 3.58. The smallest absolute Gasteiger partial charge is 0.312 e. The predicted molar refractivity (Wildman–Crippen MR) is 89.8 cm³/mol. The zero-order valence-corrected chi connectivity index (χ0v) is 14.8. The van der Waals surface area contributed by atoms with Gasteiger partial charge >= 0.3 is 5.69 Å². The third kappa shape index (κ3) is 3.08. The van der Waals surface area contributed by atoms with Gasteiger partial charge in [-0.1, -0.05) is 0 Å². The maximum absolute atomic E-state index is 12.8. The minimum absolute atomic E-state index is 0. The number of fused-ring (bicyclic) bond motifs is 1. The molecule has 2 N–H and O–H groups in total. The van der Waals surface area contributed by atoms with Crippen molar-refractivity contribution in [2.45, 2.75) is 23.8 Å². The van der Waals surface area contributed by atoms with E-state index in [-0.39, 0.29) is 46.6 Å². The third-order valence-corrected chi connectivity index (χ3v) is 6.69. The van der Waals surface area contributed by atoms with Crippen LogP contribution >= 0.6 is 12.4 Å². The Bertz CT molecular complexity index is 742. The Morgan fingerprint density at radius 2 is 2.04 bits per heavy atom. The van der Waals surface area contributed by atoms with Crippen molar-refractivity contribution in [3.8, 4) is 5.75 Å². The fourth-order valence-corrected chi connectivity index (χ4v) is 5.14. The summed E-state index contributed by atoms with van der Waals surface area (Å²) in [6, 6.07) is 3.75. The van der Waals surface area contributed by atoms with Crippen LogP contribution < -0.4 is 10.5 Å². The van der Waals surface area contributed by atoms with E-state index in [4.69, 9.17) is 10.5 Å². The lowest BCUT2D eigenvalue weighted by atomic mass is 9.98. The van der Waals surface area contributed by atoms with Crippen LogP contribution in [-0.4, -0.2) is 43.9 Å². The summed E-state index contributed by atoms with van der Waals surface area (Å²) in [5.41, 5.74) is 5.68. The Kier molecular flexibility index (Phi) is 5.38. The largest absolute Gasteiger partial charge is 0.490 e. The highest BCUT2D eigenvalue weighted by Crippen LogP contribution is 2.40. The summed E-state index contributed by atoms with van der Waals surface area (Å²) >= 11 is 0. The Balaban J connectivity index is 0.00000208. The molecule has 0 bridgehead atoms. The highest BCUT2D eigenvalue weighted by atomic mass is 35.5. The van der Waals surface area contributed by atoms with Gasteiger partial charge in [-0.05, 0) is 36.8 Å². The molecule has 1 aromatic carbocycles. The number of benzene rings is 1. The van der Waals surface area contributed by atoms with Crippen LogP contribution in [0.2, 0.25) is 0 Å². The Hall–Kier alpha value is -1.42. The van der Waals surface area contributed by atoms with Crippen LogP contribution in [0.4, 0.5) is 5.69 Å². The summed E-state index contributed by atoms with van der Waals surface area (Å²) in [5.74, 6) is 0.500. The van der Waals surface area contributed by atoms with Gasteiger partial charge in [0.2, 0.25) is 10.0 Å². The number of rotatable bonds is 4. The van der Waals surface area contributed by atoms with Crippen molar-refractivity contribution in [2.75, 3.05) is 20.2 Å². The number of nitro benzene ring substituents is 1. The van der Waals surface area contributed by atoms with Crippen LogP contribution in [0.1, 0.15) is 12.8 Å². The maximum Gasteiger partial charge on any atom is 0.312 e. The first-order valence-corrected chi connectivity index (χ1v) is 8.86. The number of ether oxygens (including phenoxy) is 1. The fraction of sp³-hybridized carbons (Fsp3) is 0.571.